The van der Waals surface area contributed by atoms with E-state index in [9.17, 15) is 0 Å². The predicted octanol–water partition coefficient (Wildman–Crippen LogP) is 2.90. The molecule has 0 unspecified atom stereocenters. The minimum Gasteiger partial charge on any atom is -0.223 e. The summed E-state index contributed by atoms with van der Waals surface area (Å²) in [7, 11) is 0. The number of aliphatic imine (C=N–C) groups is 2. The smallest absolute Gasteiger partial charge is 0.0951 e. The summed E-state index contributed by atoms with van der Waals surface area (Å²) in [6.45, 7) is 3.99. The largest absolute Gasteiger partial charge is 0.223 e. The molecule has 0 bridgehead atoms. The molecule has 2 heteroatoms. The number of rotatable bonds is 2. The van der Waals surface area contributed by atoms with Gasteiger partial charge in [-0.1, -0.05) is 18.2 Å². The Morgan fingerprint density at radius 1 is 1.17 bits per heavy atom. The Labute approximate surface area is 72.7 Å². The lowest BCUT2D eigenvalue weighted by molar-refractivity contribution is 0.842. The number of para-hydroxylation sites is 1. The zero-order chi connectivity index (χ0) is 8.81. The average Bonchev–Trinajstić information content (AvgIpc) is 2.05. The van der Waals surface area contributed by atoms with Crippen molar-refractivity contribution in [3.63, 3.8) is 0 Å². The number of benzene rings is 1. The van der Waals surface area contributed by atoms with E-state index in [1.807, 2.05) is 44.2 Å². The molecule has 0 amide bonds. The van der Waals surface area contributed by atoms with E-state index < -0.39 is 0 Å². The van der Waals surface area contributed by atoms with E-state index in [2.05, 4.69) is 16.0 Å². The van der Waals surface area contributed by atoms with E-state index in [1.165, 1.54) is 0 Å². The monoisotopic (exact) mass is 160 g/mol. The van der Waals surface area contributed by atoms with Crippen molar-refractivity contribution in [2.24, 2.45) is 9.98 Å². The zero-order valence-electron chi connectivity index (χ0n) is 7.36. The molecule has 0 saturated heterocycles. The quantitative estimate of drug-likeness (QED) is 0.594. The molecular weight excluding hydrogens is 148 g/mol. The highest BCUT2D eigenvalue weighted by atomic mass is 14.8. The van der Waals surface area contributed by atoms with Crippen LogP contribution in [0.3, 0.4) is 0 Å². The van der Waals surface area contributed by atoms with Crippen molar-refractivity contribution in [2.45, 2.75) is 19.9 Å². The number of nitrogens with zero attached hydrogens (tertiary/aromatic N) is 2. The van der Waals surface area contributed by atoms with Crippen LogP contribution in [0.5, 0.6) is 0 Å². The Bertz CT molecular complexity index is 282. The molecule has 0 aromatic heterocycles. The molecular formula is C10H12N2. The van der Waals surface area contributed by atoms with Crippen LogP contribution in [-0.4, -0.2) is 12.1 Å². The third kappa shape index (κ3) is 3.13. The minimum absolute atomic E-state index is 0.262. The van der Waals surface area contributed by atoms with E-state index in [4.69, 9.17) is 0 Å². The van der Waals surface area contributed by atoms with Crippen LogP contribution in [0.15, 0.2) is 40.3 Å². The molecule has 0 saturated carbocycles. The molecule has 1 rings (SSSR count). The standard InChI is InChI=1S/C10H12N2/c1-9(2)11-8-12-10-6-4-3-5-7-10/h3-7,9H,1-2H3. The van der Waals surface area contributed by atoms with Gasteiger partial charge < -0.3 is 0 Å². The lowest BCUT2D eigenvalue weighted by Crippen LogP contribution is -1.84. The van der Waals surface area contributed by atoms with Crippen LogP contribution in [0.4, 0.5) is 5.69 Å². The van der Waals surface area contributed by atoms with Gasteiger partial charge in [0.2, 0.25) is 0 Å². The van der Waals surface area contributed by atoms with Crippen LogP contribution in [0.2, 0.25) is 0 Å². The lowest BCUT2D eigenvalue weighted by atomic mass is 10.3. The van der Waals surface area contributed by atoms with Crippen molar-refractivity contribution in [1.29, 1.82) is 0 Å². The molecule has 0 fully saturated rings. The maximum Gasteiger partial charge on any atom is 0.0951 e. The van der Waals surface area contributed by atoms with Gasteiger partial charge in [-0.2, -0.15) is 4.99 Å². The van der Waals surface area contributed by atoms with E-state index in [0.29, 0.717) is 0 Å². The SMILES string of the molecule is CC(C)N=C=Nc1ccccc1. The molecule has 2 nitrogen and oxygen atoms in total. The fourth-order valence-corrected chi connectivity index (χ4v) is 0.705. The second kappa shape index (κ2) is 4.47. The minimum atomic E-state index is 0.262. The van der Waals surface area contributed by atoms with Crippen molar-refractivity contribution in [3.05, 3.63) is 30.3 Å². The normalized spacial score (nSPS) is 9.25. The van der Waals surface area contributed by atoms with Crippen LogP contribution in [-0.2, 0) is 0 Å². The predicted molar refractivity (Wildman–Crippen MR) is 51.1 cm³/mol. The number of hydrogen-bond donors (Lipinski definition) is 0. The summed E-state index contributed by atoms with van der Waals surface area (Å²) >= 11 is 0. The van der Waals surface area contributed by atoms with Gasteiger partial charge in [0.1, 0.15) is 0 Å². The fourth-order valence-electron chi connectivity index (χ4n) is 0.705. The number of hydrogen-bond acceptors (Lipinski definition) is 2. The molecule has 0 aliphatic heterocycles. The van der Waals surface area contributed by atoms with E-state index in [-0.39, 0.29) is 6.04 Å². The van der Waals surface area contributed by atoms with Crippen molar-refractivity contribution in [2.75, 3.05) is 0 Å². The van der Waals surface area contributed by atoms with Gasteiger partial charge in [0.25, 0.3) is 0 Å². The van der Waals surface area contributed by atoms with Gasteiger partial charge in [0.15, 0.2) is 0 Å². The van der Waals surface area contributed by atoms with Gasteiger partial charge in [-0.05, 0) is 26.0 Å². The zero-order valence-corrected chi connectivity index (χ0v) is 7.36. The summed E-state index contributed by atoms with van der Waals surface area (Å²) < 4.78 is 0. The van der Waals surface area contributed by atoms with Gasteiger partial charge in [-0.25, -0.2) is 4.99 Å². The molecule has 1 aromatic rings. The molecule has 0 spiro atoms. The third-order valence-electron chi connectivity index (χ3n) is 1.25. The first-order valence-electron chi connectivity index (χ1n) is 3.99. The summed E-state index contributed by atoms with van der Waals surface area (Å²) in [5, 5.41) is 0. The molecule has 0 radical (unpaired) electrons. The maximum absolute atomic E-state index is 4.03. The molecule has 0 aliphatic carbocycles. The Morgan fingerprint density at radius 2 is 1.83 bits per heavy atom. The second-order valence-corrected chi connectivity index (χ2v) is 2.77. The van der Waals surface area contributed by atoms with Gasteiger partial charge in [0.05, 0.1) is 17.7 Å². The summed E-state index contributed by atoms with van der Waals surface area (Å²) in [5.41, 5.74) is 0.891. The highest BCUT2D eigenvalue weighted by Gasteiger charge is 1.82. The van der Waals surface area contributed by atoms with Crippen molar-refractivity contribution >= 4 is 11.7 Å². The van der Waals surface area contributed by atoms with Crippen LogP contribution < -0.4 is 0 Å². The van der Waals surface area contributed by atoms with E-state index in [0.717, 1.165) is 5.69 Å². The van der Waals surface area contributed by atoms with Crippen LogP contribution >= 0.6 is 0 Å². The molecule has 1 aromatic carbocycles. The van der Waals surface area contributed by atoms with Crippen molar-refractivity contribution in [3.8, 4) is 0 Å². The molecule has 0 aliphatic rings. The molecule has 0 heterocycles. The van der Waals surface area contributed by atoms with Crippen LogP contribution in [0, 0.1) is 0 Å². The van der Waals surface area contributed by atoms with E-state index in [1.54, 1.807) is 0 Å². The lowest BCUT2D eigenvalue weighted by Gasteiger charge is -1.88. The van der Waals surface area contributed by atoms with Gasteiger partial charge in [-0.3, -0.25) is 0 Å². The summed E-state index contributed by atoms with van der Waals surface area (Å²) in [6, 6.07) is 12.6. The van der Waals surface area contributed by atoms with Gasteiger partial charge in [-0.15, -0.1) is 0 Å². The highest BCUT2D eigenvalue weighted by Crippen LogP contribution is 2.07. The Hall–Kier alpha value is -1.40. The summed E-state index contributed by atoms with van der Waals surface area (Å²) in [6.07, 6.45) is 0. The first-order valence-corrected chi connectivity index (χ1v) is 3.99. The Morgan fingerprint density at radius 3 is 2.42 bits per heavy atom. The third-order valence-corrected chi connectivity index (χ3v) is 1.25. The Kier molecular flexibility index (Phi) is 3.24. The Balaban J connectivity index is 2.70. The van der Waals surface area contributed by atoms with E-state index >= 15 is 0 Å². The van der Waals surface area contributed by atoms with Crippen LogP contribution in [0.1, 0.15) is 13.8 Å². The second-order valence-electron chi connectivity index (χ2n) is 2.77. The molecule has 62 valence electrons. The van der Waals surface area contributed by atoms with Crippen molar-refractivity contribution in [1.82, 2.24) is 0 Å². The topological polar surface area (TPSA) is 24.7 Å². The maximum atomic E-state index is 4.03. The molecule has 0 N–H and O–H groups in total. The fraction of sp³-hybridized carbons (Fsp3) is 0.300. The average molecular weight is 160 g/mol. The van der Waals surface area contributed by atoms with Gasteiger partial charge >= 0.3 is 0 Å². The highest BCUT2D eigenvalue weighted by molar-refractivity contribution is 5.52. The first kappa shape index (κ1) is 8.69. The van der Waals surface area contributed by atoms with Crippen LogP contribution in [0.25, 0.3) is 0 Å². The summed E-state index contributed by atoms with van der Waals surface area (Å²) in [4.78, 5) is 8.03. The van der Waals surface area contributed by atoms with Gasteiger partial charge in [0, 0.05) is 0 Å². The first-order chi connectivity index (χ1) is 5.79. The van der Waals surface area contributed by atoms with Crippen molar-refractivity contribution < 1.29 is 0 Å². The molecule has 0 atom stereocenters. The summed E-state index contributed by atoms with van der Waals surface area (Å²) in [5.74, 6) is 0. The molecule has 12 heavy (non-hydrogen) atoms.